The maximum absolute atomic E-state index is 4.69. The molecule has 0 atom stereocenters. The average Bonchev–Trinajstić information content (AvgIpc) is 2.65. The molecule has 0 saturated carbocycles. The summed E-state index contributed by atoms with van der Waals surface area (Å²) in [6.45, 7) is 19.2. The molecule has 0 amide bonds. The second-order valence-electron chi connectivity index (χ2n) is 8.62. The van der Waals surface area contributed by atoms with E-state index in [1.54, 1.807) is 21.5 Å². The van der Waals surface area contributed by atoms with Crippen molar-refractivity contribution in [3.05, 3.63) is 48.5 Å². The topological polar surface area (TPSA) is 0 Å². The van der Waals surface area contributed by atoms with Gasteiger partial charge in [-0.05, 0) is 33.2 Å². The minimum absolute atomic E-state index is 0.135. The Morgan fingerprint density at radius 2 is 0.862 bits per heavy atom. The molecule has 0 aromatic heterocycles. The van der Waals surface area contributed by atoms with Crippen LogP contribution >= 0.6 is 25.4 Å². The summed E-state index contributed by atoms with van der Waals surface area (Å²) in [6.07, 6.45) is 0. The van der Waals surface area contributed by atoms with Crippen molar-refractivity contribution in [2.75, 3.05) is 0 Å². The van der Waals surface area contributed by atoms with Crippen molar-refractivity contribution < 1.29 is 17.9 Å². The molecule has 2 aromatic rings. The number of halogens is 1. The summed E-state index contributed by atoms with van der Waals surface area (Å²) in [4.78, 5) is 0. The van der Waals surface area contributed by atoms with Gasteiger partial charge in [0.25, 0.3) is 0 Å². The number of benzene rings is 2. The molecular formula is C24H39BClIrP2. The van der Waals surface area contributed by atoms with Crippen molar-refractivity contribution in [1.82, 2.24) is 0 Å². The van der Waals surface area contributed by atoms with Gasteiger partial charge in [0, 0.05) is 0 Å². The molecule has 0 heterocycles. The van der Waals surface area contributed by atoms with Gasteiger partial charge in [0.15, 0.2) is 7.28 Å². The van der Waals surface area contributed by atoms with Gasteiger partial charge in [0.05, 0.1) is 0 Å². The van der Waals surface area contributed by atoms with E-state index in [4.69, 9.17) is 9.58 Å². The van der Waals surface area contributed by atoms with Crippen LogP contribution in [0.2, 0.25) is 0 Å². The fourth-order valence-corrected chi connectivity index (χ4v) is 10.4. The van der Waals surface area contributed by atoms with Crippen molar-refractivity contribution >= 4 is 54.2 Å². The predicted molar refractivity (Wildman–Crippen MR) is 142 cm³/mol. The molecule has 0 saturated heterocycles. The van der Waals surface area contributed by atoms with Gasteiger partial charge < -0.3 is 0 Å². The summed E-state index contributed by atoms with van der Waals surface area (Å²) in [7, 11) is 5.50. The van der Waals surface area contributed by atoms with Crippen LogP contribution in [0, 0.1) is 0 Å². The molecule has 0 aliphatic carbocycles. The molecule has 0 nitrogen and oxygen atoms in total. The SMILES string of the molecule is CC(C)P(c1ccccc1Bc1ccccc1P(C(C)C)C(C)C)C(C)C.[Cl][IrH2]. The van der Waals surface area contributed by atoms with Gasteiger partial charge in [-0.15, -0.1) is 0 Å². The van der Waals surface area contributed by atoms with Crippen LogP contribution in [0.25, 0.3) is 0 Å². The van der Waals surface area contributed by atoms with Crippen LogP contribution < -0.4 is 21.5 Å². The van der Waals surface area contributed by atoms with Crippen LogP contribution in [-0.4, -0.2) is 29.9 Å². The second kappa shape index (κ2) is 13.7. The first kappa shape index (κ1) is 27.3. The molecule has 0 N–H and O–H groups in total. The second-order valence-corrected chi connectivity index (χ2v) is 15.3. The molecule has 0 aliphatic heterocycles. The van der Waals surface area contributed by atoms with Crippen molar-refractivity contribution in [2.45, 2.75) is 78.0 Å². The normalized spacial score (nSPS) is 11.6. The standard InChI is InChI=1S/C24H37BP2.ClH.Ir.2H/c1-17(2)26(18(3)4)23-15-11-9-13-21(23)25-22-14-10-12-16-24(22)27(19(5)6)20(7)8;;;;/h9-20,25H,1-8H3;1H;;;/q;;+1;;/p-1. The predicted octanol–water partition coefficient (Wildman–Crippen LogP) is 5.07. The van der Waals surface area contributed by atoms with E-state index < -0.39 is 0 Å². The summed E-state index contributed by atoms with van der Waals surface area (Å²) in [5.41, 5.74) is 5.97. The number of hydrogen-bond acceptors (Lipinski definition) is 0. The summed E-state index contributed by atoms with van der Waals surface area (Å²) < 4.78 is 0. The van der Waals surface area contributed by atoms with E-state index in [-0.39, 0.29) is 15.8 Å². The van der Waals surface area contributed by atoms with E-state index in [1.807, 2.05) is 0 Å². The zero-order valence-electron chi connectivity index (χ0n) is 19.3. The Balaban J connectivity index is 0.00000204. The molecule has 0 aliphatic rings. The molecule has 0 fully saturated rings. The first-order valence-electron chi connectivity index (χ1n) is 10.6. The summed E-state index contributed by atoms with van der Waals surface area (Å²) in [5.74, 6) is 0. The zero-order chi connectivity index (χ0) is 22.1. The van der Waals surface area contributed by atoms with Gasteiger partial charge >= 0.3 is 27.5 Å². The van der Waals surface area contributed by atoms with Crippen LogP contribution in [0.15, 0.2) is 48.5 Å². The molecule has 0 spiro atoms. The van der Waals surface area contributed by atoms with E-state index in [9.17, 15) is 0 Å². The van der Waals surface area contributed by atoms with Crippen LogP contribution in [0.1, 0.15) is 55.4 Å². The van der Waals surface area contributed by atoms with Gasteiger partial charge in [-0.25, -0.2) is 0 Å². The molecule has 0 radical (unpaired) electrons. The first-order valence-corrected chi connectivity index (χ1v) is 16.9. The monoisotopic (exact) mass is 628 g/mol. The number of hydrogen-bond donors (Lipinski definition) is 0. The van der Waals surface area contributed by atoms with Crippen molar-refractivity contribution in [3.8, 4) is 0 Å². The van der Waals surface area contributed by atoms with Crippen LogP contribution in [-0.2, 0) is 17.9 Å². The molecule has 164 valence electrons. The van der Waals surface area contributed by atoms with Crippen LogP contribution in [0.4, 0.5) is 0 Å². The maximum atomic E-state index is 4.69. The van der Waals surface area contributed by atoms with Gasteiger partial charge in [0.1, 0.15) is 0 Å². The van der Waals surface area contributed by atoms with Gasteiger partial charge in [-0.3, -0.25) is 0 Å². The van der Waals surface area contributed by atoms with Crippen LogP contribution in [0.5, 0.6) is 0 Å². The molecule has 2 aromatic carbocycles. The Morgan fingerprint density at radius 3 is 1.14 bits per heavy atom. The van der Waals surface area contributed by atoms with Crippen molar-refractivity contribution in [1.29, 1.82) is 0 Å². The molecular weight excluding hydrogens is 589 g/mol. The Kier molecular flexibility index (Phi) is 12.9. The van der Waals surface area contributed by atoms with Crippen LogP contribution in [0.3, 0.4) is 0 Å². The third kappa shape index (κ3) is 7.74. The minimum atomic E-state index is -0.135. The third-order valence-corrected chi connectivity index (χ3v) is 11.6. The molecule has 29 heavy (non-hydrogen) atoms. The summed E-state index contributed by atoms with van der Waals surface area (Å²) in [5, 5.41) is 3.23. The summed E-state index contributed by atoms with van der Waals surface area (Å²) >= 11 is 1.19. The van der Waals surface area contributed by atoms with E-state index in [2.05, 4.69) is 104 Å². The van der Waals surface area contributed by atoms with Crippen molar-refractivity contribution in [2.24, 2.45) is 0 Å². The fraction of sp³-hybridized carbons (Fsp3) is 0.500. The van der Waals surface area contributed by atoms with Crippen molar-refractivity contribution in [3.63, 3.8) is 0 Å². The van der Waals surface area contributed by atoms with E-state index in [1.165, 1.54) is 17.9 Å². The first-order chi connectivity index (χ1) is 13.7. The van der Waals surface area contributed by atoms with E-state index in [0.29, 0.717) is 0 Å². The number of rotatable bonds is 8. The average molecular weight is 628 g/mol. The van der Waals surface area contributed by atoms with Gasteiger partial charge in [-0.1, -0.05) is 131 Å². The zero-order valence-corrected chi connectivity index (χ0v) is 24.5. The molecule has 0 unspecified atom stereocenters. The Hall–Kier alpha value is 0.304. The summed E-state index contributed by atoms with van der Waals surface area (Å²) in [6, 6.07) is 18.5. The quantitative estimate of drug-likeness (QED) is 0.283. The van der Waals surface area contributed by atoms with E-state index >= 15 is 0 Å². The Morgan fingerprint density at radius 1 is 0.586 bits per heavy atom. The Labute approximate surface area is 197 Å². The molecule has 2 rings (SSSR count). The Bertz CT molecular complexity index is 657. The van der Waals surface area contributed by atoms with Gasteiger partial charge in [-0.2, -0.15) is 0 Å². The van der Waals surface area contributed by atoms with Gasteiger partial charge in [0.2, 0.25) is 0 Å². The third-order valence-electron chi connectivity index (χ3n) is 5.15. The molecule has 0 bridgehead atoms. The fourth-order valence-electron chi connectivity index (χ4n) is 4.33. The molecule has 5 heteroatoms. The van der Waals surface area contributed by atoms with E-state index in [0.717, 1.165) is 29.9 Å².